The molecule has 3 nitrogen and oxygen atoms in total. The predicted molar refractivity (Wildman–Crippen MR) is 90.4 cm³/mol. The topological polar surface area (TPSA) is 41.3 Å². The summed E-state index contributed by atoms with van der Waals surface area (Å²) in [5.74, 6) is 0. The lowest BCUT2D eigenvalue weighted by atomic mass is 10.1. The minimum atomic E-state index is 0.468. The Labute approximate surface area is 127 Å². The first-order chi connectivity index (χ1) is 9.58. The van der Waals surface area contributed by atoms with Gasteiger partial charge in [0.25, 0.3) is 0 Å². The zero-order valence-corrected chi connectivity index (χ0v) is 13.3. The smallest absolute Gasteiger partial charge is 0.104 e. The molecule has 20 heavy (non-hydrogen) atoms. The highest BCUT2D eigenvalue weighted by atomic mass is 32.1. The van der Waals surface area contributed by atoms with E-state index < -0.39 is 0 Å². The molecule has 1 saturated heterocycles. The summed E-state index contributed by atoms with van der Waals surface area (Å²) >= 11 is 5.04. The molecule has 2 rings (SSSR count). The SMILES string of the molecule is Cc1cc(NCC(C)N2CCCCC2)ccc1C(N)=S. The van der Waals surface area contributed by atoms with Gasteiger partial charge in [-0.3, -0.25) is 4.90 Å². The Hall–Kier alpha value is -1.13. The van der Waals surface area contributed by atoms with Gasteiger partial charge < -0.3 is 11.1 Å². The van der Waals surface area contributed by atoms with Crippen LogP contribution in [-0.2, 0) is 0 Å². The van der Waals surface area contributed by atoms with Crippen molar-refractivity contribution in [3.8, 4) is 0 Å². The van der Waals surface area contributed by atoms with Gasteiger partial charge in [0.1, 0.15) is 4.99 Å². The summed E-state index contributed by atoms with van der Waals surface area (Å²) in [6.07, 6.45) is 4.06. The third kappa shape index (κ3) is 3.93. The number of anilines is 1. The highest BCUT2D eigenvalue weighted by molar-refractivity contribution is 7.80. The van der Waals surface area contributed by atoms with Crippen LogP contribution in [-0.4, -0.2) is 35.6 Å². The molecular weight excluding hydrogens is 266 g/mol. The quantitative estimate of drug-likeness (QED) is 0.819. The minimum Gasteiger partial charge on any atom is -0.389 e. The van der Waals surface area contributed by atoms with Gasteiger partial charge in [0.15, 0.2) is 0 Å². The fourth-order valence-electron chi connectivity index (χ4n) is 2.80. The van der Waals surface area contributed by atoms with Crippen LogP contribution >= 0.6 is 12.2 Å². The van der Waals surface area contributed by atoms with Crippen molar-refractivity contribution < 1.29 is 0 Å². The number of nitrogens with one attached hydrogen (secondary N) is 1. The maximum atomic E-state index is 5.69. The van der Waals surface area contributed by atoms with Crippen LogP contribution in [0.2, 0.25) is 0 Å². The lowest BCUT2D eigenvalue weighted by Crippen LogP contribution is -2.41. The molecular formula is C16H25N3S. The lowest BCUT2D eigenvalue weighted by Gasteiger charge is -2.32. The van der Waals surface area contributed by atoms with Gasteiger partial charge in [-0.25, -0.2) is 0 Å². The van der Waals surface area contributed by atoms with Crippen molar-refractivity contribution in [1.82, 2.24) is 4.90 Å². The van der Waals surface area contributed by atoms with Crippen molar-refractivity contribution in [2.75, 3.05) is 25.0 Å². The lowest BCUT2D eigenvalue weighted by molar-refractivity contribution is 0.180. The molecule has 1 fully saturated rings. The van der Waals surface area contributed by atoms with Gasteiger partial charge in [0.2, 0.25) is 0 Å². The number of benzene rings is 1. The second kappa shape index (κ2) is 7.04. The molecule has 4 heteroatoms. The van der Waals surface area contributed by atoms with Gasteiger partial charge in [-0.15, -0.1) is 0 Å². The van der Waals surface area contributed by atoms with Crippen molar-refractivity contribution in [3.63, 3.8) is 0 Å². The molecule has 110 valence electrons. The van der Waals surface area contributed by atoms with Crippen molar-refractivity contribution >= 4 is 22.9 Å². The average Bonchev–Trinajstić information content (AvgIpc) is 2.45. The Morgan fingerprint density at radius 1 is 1.35 bits per heavy atom. The molecule has 0 aromatic heterocycles. The van der Waals surface area contributed by atoms with Gasteiger partial charge in [0.05, 0.1) is 0 Å². The number of rotatable bonds is 5. The molecule has 0 amide bonds. The molecule has 1 atom stereocenters. The first-order valence-corrected chi connectivity index (χ1v) is 7.87. The largest absolute Gasteiger partial charge is 0.389 e. The molecule has 1 aliphatic heterocycles. The van der Waals surface area contributed by atoms with Crippen LogP contribution in [0.5, 0.6) is 0 Å². The maximum absolute atomic E-state index is 5.69. The van der Waals surface area contributed by atoms with Crippen molar-refractivity contribution in [1.29, 1.82) is 0 Å². The molecule has 1 heterocycles. The molecule has 0 bridgehead atoms. The van der Waals surface area contributed by atoms with Crippen LogP contribution in [0.3, 0.4) is 0 Å². The summed E-state index contributed by atoms with van der Waals surface area (Å²) in [5.41, 5.74) is 8.93. The molecule has 0 radical (unpaired) electrons. The van der Waals surface area contributed by atoms with E-state index in [0.29, 0.717) is 11.0 Å². The van der Waals surface area contributed by atoms with E-state index in [-0.39, 0.29) is 0 Å². The van der Waals surface area contributed by atoms with E-state index in [1.54, 1.807) is 0 Å². The molecule has 1 unspecified atom stereocenters. The molecule has 0 aliphatic carbocycles. The average molecular weight is 291 g/mol. The number of thiocarbonyl (C=S) groups is 1. The van der Waals surface area contributed by atoms with E-state index in [9.17, 15) is 0 Å². The van der Waals surface area contributed by atoms with E-state index in [1.165, 1.54) is 32.4 Å². The summed E-state index contributed by atoms with van der Waals surface area (Å²) in [6.45, 7) is 7.80. The minimum absolute atomic E-state index is 0.468. The van der Waals surface area contributed by atoms with Gasteiger partial charge in [-0.05, 0) is 63.5 Å². The molecule has 1 aromatic carbocycles. The number of hydrogen-bond acceptors (Lipinski definition) is 3. The van der Waals surface area contributed by atoms with Gasteiger partial charge in [-0.1, -0.05) is 18.6 Å². The Balaban J connectivity index is 1.90. The van der Waals surface area contributed by atoms with Gasteiger partial charge in [0, 0.05) is 23.8 Å². The fraction of sp³-hybridized carbons (Fsp3) is 0.562. The molecule has 1 aromatic rings. The Morgan fingerprint density at radius 3 is 2.65 bits per heavy atom. The number of aryl methyl sites for hydroxylation is 1. The first kappa shape index (κ1) is 15.3. The van der Waals surface area contributed by atoms with Gasteiger partial charge in [-0.2, -0.15) is 0 Å². The highest BCUT2D eigenvalue weighted by Crippen LogP contribution is 2.16. The van der Waals surface area contributed by atoms with Crippen LogP contribution in [0.15, 0.2) is 18.2 Å². The van der Waals surface area contributed by atoms with Crippen LogP contribution in [0, 0.1) is 6.92 Å². The standard InChI is InChI=1S/C16H25N3S/c1-12-10-14(6-7-15(12)16(17)20)18-11-13(2)19-8-4-3-5-9-19/h6-7,10,13,18H,3-5,8-9,11H2,1-2H3,(H2,17,20). The van der Waals surface area contributed by atoms with E-state index >= 15 is 0 Å². The van der Waals surface area contributed by atoms with E-state index in [0.717, 1.165) is 23.4 Å². The van der Waals surface area contributed by atoms with E-state index in [1.807, 2.05) is 13.0 Å². The zero-order chi connectivity index (χ0) is 14.5. The molecule has 0 spiro atoms. The summed E-state index contributed by atoms with van der Waals surface area (Å²) in [4.78, 5) is 3.04. The number of hydrogen-bond donors (Lipinski definition) is 2. The second-order valence-corrected chi connectivity index (χ2v) is 6.16. The molecule has 1 aliphatic rings. The second-order valence-electron chi connectivity index (χ2n) is 5.72. The Morgan fingerprint density at radius 2 is 2.05 bits per heavy atom. The molecule has 0 saturated carbocycles. The Bertz CT molecular complexity index is 467. The number of piperidine rings is 1. The number of likely N-dealkylation sites (tertiary alicyclic amines) is 1. The van der Waals surface area contributed by atoms with E-state index in [2.05, 4.69) is 29.3 Å². The van der Waals surface area contributed by atoms with Crippen LogP contribution in [0.4, 0.5) is 5.69 Å². The van der Waals surface area contributed by atoms with Crippen LogP contribution < -0.4 is 11.1 Å². The maximum Gasteiger partial charge on any atom is 0.104 e. The summed E-state index contributed by atoms with van der Waals surface area (Å²) in [5, 5.41) is 3.52. The highest BCUT2D eigenvalue weighted by Gasteiger charge is 2.16. The first-order valence-electron chi connectivity index (χ1n) is 7.46. The fourth-order valence-corrected chi connectivity index (χ4v) is 3.03. The molecule has 3 N–H and O–H groups in total. The third-order valence-electron chi connectivity index (χ3n) is 4.11. The number of nitrogens with zero attached hydrogens (tertiary/aromatic N) is 1. The Kier molecular flexibility index (Phi) is 5.38. The third-order valence-corrected chi connectivity index (χ3v) is 4.33. The predicted octanol–water partition coefficient (Wildman–Crippen LogP) is 2.92. The summed E-state index contributed by atoms with van der Waals surface area (Å²) < 4.78 is 0. The zero-order valence-electron chi connectivity index (χ0n) is 12.5. The summed E-state index contributed by atoms with van der Waals surface area (Å²) in [6, 6.07) is 6.76. The van der Waals surface area contributed by atoms with Crippen molar-refractivity contribution in [2.24, 2.45) is 5.73 Å². The monoisotopic (exact) mass is 291 g/mol. The van der Waals surface area contributed by atoms with E-state index in [4.69, 9.17) is 18.0 Å². The van der Waals surface area contributed by atoms with Crippen molar-refractivity contribution in [3.05, 3.63) is 29.3 Å². The van der Waals surface area contributed by atoms with Crippen molar-refractivity contribution in [2.45, 2.75) is 39.2 Å². The van der Waals surface area contributed by atoms with Crippen LogP contribution in [0.25, 0.3) is 0 Å². The van der Waals surface area contributed by atoms with Crippen LogP contribution in [0.1, 0.15) is 37.3 Å². The normalized spacial score (nSPS) is 17.7. The van der Waals surface area contributed by atoms with Gasteiger partial charge >= 0.3 is 0 Å². The number of nitrogens with two attached hydrogens (primary N) is 1. The summed E-state index contributed by atoms with van der Waals surface area (Å²) in [7, 11) is 0.